The fraction of sp³-hybridized carbons (Fsp3) is 0.625. The Morgan fingerprint density at radius 2 is 2.38 bits per heavy atom. The van der Waals surface area contributed by atoms with Crippen molar-refractivity contribution in [2.45, 2.75) is 19.4 Å². The molecule has 1 heterocycles. The second-order valence-corrected chi connectivity index (χ2v) is 4.41. The van der Waals surface area contributed by atoms with Crippen molar-refractivity contribution in [2.24, 2.45) is 0 Å². The van der Waals surface area contributed by atoms with E-state index < -0.39 is 0 Å². The number of aliphatic hydroxyl groups is 1. The minimum atomic E-state index is 0.269. The van der Waals surface area contributed by atoms with Gasteiger partial charge in [0.2, 0.25) is 0 Å². The van der Waals surface area contributed by atoms with E-state index >= 15 is 0 Å². The van der Waals surface area contributed by atoms with Crippen LogP contribution in [0.1, 0.15) is 17.8 Å². The van der Waals surface area contributed by atoms with Crippen LogP contribution in [0, 0.1) is 0 Å². The molecule has 0 aliphatic carbocycles. The standard InChI is InChI=1S/C8H13ClN2OS/c9-7-5-11-8(13-7)6-10-3-1-2-4-12/h5,10,12H,1-4,6H2. The zero-order valence-corrected chi connectivity index (χ0v) is 8.87. The van der Waals surface area contributed by atoms with Gasteiger partial charge >= 0.3 is 0 Å². The minimum absolute atomic E-state index is 0.269. The van der Waals surface area contributed by atoms with Gasteiger partial charge in [-0.1, -0.05) is 11.6 Å². The fourth-order valence-corrected chi connectivity index (χ4v) is 1.85. The highest BCUT2D eigenvalue weighted by Gasteiger charge is 1.97. The summed E-state index contributed by atoms with van der Waals surface area (Å²) in [6.07, 6.45) is 3.51. The fourth-order valence-electron chi connectivity index (χ4n) is 0.927. The molecule has 0 saturated heterocycles. The van der Waals surface area contributed by atoms with Crippen molar-refractivity contribution in [1.29, 1.82) is 0 Å². The van der Waals surface area contributed by atoms with E-state index in [4.69, 9.17) is 16.7 Å². The van der Waals surface area contributed by atoms with Crippen molar-refractivity contribution in [2.75, 3.05) is 13.2 Å². The van der Waals surface area contributed by atoms with Crippen LogP contribution in [0.2, 0.25) is 4.34 Å². The molecule has 0 aliphatic rings. The first kappa shape index (κ1) is 10.9. The van der Waals surface area contributed by atoms with Gasteiger partial charge in [0.1, 0.15) is 9.34 Å². The lowest BCUT2D eigenvalue weighted by Crippen LogP contribution is -2.14. The van der Waals surface area contributed by atoms with Crippen molar-refractivity contribution >= 4 is 22.9 Å². The van der Waals surface area contributed by atoms with Crippen molar-refractivity contribution in [1.82, 2.24) is 10.3 Å². The first-order valence-electron chi connectivity index (χ1n) is 4.24. The van der Waals surface area contributed by atoms with Crippen LogP contribution in [-0.2, 0) is 6.54 Å². The maximum Gasteiger partial charge on any atom is 0.113 e. The molecule has 0 saturated carbocycles. The van der Waals surface area contributed by atoms with E-state index in [1.807, 2.05) is 0 Å². The molecule has 0 spiro atoms. The number of thiazole rings is 1. The third-order valence-corrected chi connectivity index (χ3v) is 2.68. The molecule has 0 unspecified atom stereocenters. The third kappa shape index (κ3) is 4.57. The normalized spacial score (nSPS) is 10.6. The molecule has 0 amide bonds. The highest BCUT2D eigenvalue weighted by Crippen LogP contribution is 2.17. The van der Waals surface area contributed by atoms with Crippen molar-refractivity contribution < 1.29 is 5.11 Å². The molecular formula is C8H13ClN2OS. The van der Waals surface area contributed by atoms with Gasteiger partial charge in [0, 0.05) is 13.2 Å². The predicted molar refractivity (Wildman–Crippen MR) is 55.2 cm³/mol. The Bertz CT molecular complexity index is 242. The lowest BCUT2D eigenvalue weighted by molar-refractivity contribution is 0.283. The topological polar surface area (TPSA) is 45.1 Å². The molecule has 1 rings (SSSR count). The summed E-state index contributed by atoms with van der Waals surface area (Å²) in [6, 6.07) is 0. The summed E-state index contributed by atoms with van der Waals surface area (Å²) < 4.78 is 0.729. The maximum absolute atomic E-state index is 8.53. The van der Waals surface area contributed by atoms with Gasteiger partial charge in [-0.2, -0.15) is 0 Å². The number of hydrogen-bond acceptors (Lipinski definition) is 4. The van der Waals surface area contributed by atoms with E-state index in [1.165, 1.54) is 11.3 Å². The number of hydrogen-bond donors (Lipinski definition) is 2. The average molecular weight is 221 g/mol. The first-order valence-corrected chi connectivity index (χ1v) is 5.44. The minimum Gasteiger partial charge on any atom is -0.396 e. The summed E-state index contributed by atoms with van der Waals surface area (Å²) in [4.78, 5) is 4.11. The van der Waals surface area contributed by atoms with Gasteiger partial charge < -0.3 is 10.4 Å². The van der Waals surface area contributed by atoms with Crippen LogP contribution < -0.4 is 5.32 Å². The van der Waals surface area contributed by atoms with Crippen LogP contribution >= 0.6 is 22.9 Å². The van der Waals surface area contributed by atoms with Gasteiger partial charge in [-0.3, -0.25) is 0 Å². The zero-order chi connectivity index (χ0) is 9.52. The summed E-state index contributed by atoms with van der Waals surface area (Å²) in [5, 5.41) is 12.8. The lowest BCUT2D eigenvalue weighted by atomic mass is 10.3. The van der Waals surface area contributed by atoms with Crippen molar-refractivity contribution in [3.05, 3.63) is 15.5 Å². The summed E-state index contributed by atoms with van der Waals surface area (Å²) in [5.41, 5.74) is 0. The Labute approximate surface area is 86.8 Å². The van der Waals surface area contributed by atoms with E-state index in [2.05, 4.69) is 10.3 Å². The molecule has 0 radical (unpaired) electrons. The van der Waals surface area contributed by atoms with Gasteiger partial charge in [0.15, 0.2) is 0 Å². The second-order valence-electron chi connectivity index (χ2n) is 2.67. The Morgan fingerprint density at radius 1 is 1.54 bits per heavy atom. The van der Waals surface area contributed by atoms with Crippen LogP contribution in [0.3, 0.4) is 0 Å². The molecule has 13 heavy (non-hydrogen) atoms. The number of nitrogens with zero attached hydrogens (tertiary/aromatic N) is 1. The summed E-state index contributed by atoms with van der Waals surface area (Å²) >= 11 is 7.21. The molecule has 0 atom stereocenters. The number of nitrogens with one attached hydrogen (secondary N) is 1. The van der Waals surface area contributed by atoms with Crippen molar-refractivity contribution in [3.63, 3.8) is 0 Å². The van der Waals surface area contributed by atoms with E-state index in [0.717, 1.165) is 35.3 Å². The highest BCUT2D eigenvalue weighted by molar-refractivity contribution is 7.15. The van der Waals surface area contributed by atoms with Gasteiger partial charge in [0.05, 0.1) is 6.20 Å². The Hall–Kier alpha value is -0.160. The van der Waals surface area contributed by atoms with Gasteiger partial charge in [-0.15, -0.1) is 11.3 Å². The van der Waals surface area contributed by atoms with Crippen LogP contribution in [-0.4, -0.2) is 23.2 Å². The van der Waals surface area contributed by atoms with E-state index in [1.54, 1.807) is 6.20 Å². The molecule has 1 aromatic heterocycles. The van der Waals surface area contributed by atoms with Crippen LogP contribution in [0.4, 0.5) is 0 Å². The number of halogens is 1. The summed E-state index contributed by atoms with van der Waals surface area (Å²) in [6.45, 7) is 1.95. The van der Waals surface area contributed by atoms with Crippen molar-refractivity contribution in [3.8, 4) is 0 Å². The van der Waals surface area contributed by atoms with E-state index in [-0.39, 0.29) is 6.61 Å². The Morgan fingerprint density at radius 3 is 3.00 bits per heavy atom. The average Bonchev–Trinajstić information content (AvgIpc) is 2.51. The Kier molecular flexibility index (Phi) is 5.31. The molecule has 2 N–H and O–H groups in total. The molecule has 5 heteroatoms. The molecular weight excluding hydrogens is 208 g/mol. The smallest absolute Gasteiger partial charge is 0.113 e. The summed E-state index contributed by atoms with van der Waals surface area (Å²) in [7, 11) is 0. The molecule has 3 nitrogen and oxygen atoms in total. The molecule has 0 aliphatic heterocycles. The maximum atomic E-state index is 8.53. The van der Waals surface area contributed by atoms with Crippen LogP contribution in [0.15, 0.2) is 6.20 Å². The highest BCUT2D eigenvalue weighted by atomic mass is 35.5. The first-order chi connectivity index (χ1) is 6.33. The molecule has 0 bridgehead atoms. The van der Waals surface area contributed by atoms with Crippen LogP contribution in [0.25, 0.3) is 0 Å². The number of aliphatic hydroxyl groups excluding tert-OH is 1. The molecule has 74 valence electrons. The second kappa shape index (κ2) is 6.32. The third-order valence-electron chi connectivity index (χ3n) is 1.56. The predicted octanol–water partition coefficient (Wildman–Crippen LogP) is 1.66. The molecule has 1 aromatic rings. The number of unbranched alkanes of at least 4 members (excludes halogenated alkanes) is 1. The lowest BCUT2D eigenvalue weighted by Gasteiger charge is -2.00. The summed E-state index contributed by atoms with van der Waals surface area (Å²) in [5.74, 6) is 0. The SMILES string of the molecule is OCCCCNCc1ncc(Cl)s1. The monoisotopic (exact) mass is 220 g/mol. The molecule has 0 fully saturated rings. The van der Waals surface area contributed by atoms with Gasteiger partial charge in [-0.25, -0.2) is 4.98 Å². The van der Waals surface area contributed by atoms with Crippen LogP contribution in [0.5, 0.6) is 0 Å². The largest absolute Gasteiger partial charge is 0.396 e. The quantitative estimate of drug-likeness (QED) is 0.717. The number of aromatic nitrogens is 1. The van der Waals surface area contributed by atoms with Gasteiger partial charge in [0.25, 0.3) is 0 Å². The Balaban J connectivity index is 2.06. The number of rotatable bonds is 6. The van der Waals surface area contributed by atoms with E-state index in [0.29, 0.717) is 0 Å². The van der Waals surface area contributed by atoms with Gasteiger partial charge in [-0.05, 0) is 19.4 Å². The van der Waals surface area contributed by atoms with E-state index in [9.17, 15) is 0 Å². The zero-order valence-electron chi connectivity index (χ0n) is 7.29. The molecule has 0 aromatic carbocycles.